The summed E-state index contributed by atoms with van der Waals surface area (Å²) in [5.41, 5.74) is 1.74. The highest BCUT2D eigenvalue weighted by Crippen LogP contribution is 2.31. The van der Waals surface area contributed by atoms with Crippen molar-refractivity contribution < 1.29 is 19.0 Å². The van der Waals surface area contributed by atoms with E-state index in [1.54, 1.807) is 24.9 Å². The number of ether oxygens (including phenoxy) is 3. The fourth-order valence-electron chi connectivity index (χ4n) is 1.81. The minimum absolute atomic E-state index is 0.168. The van der Waals surface area contributed by atoms with Crippen LogP contribution in [-0.2, 0) is 16.6 Å². The Morgan fingerprint density at radius 1 is 1.30 bits per heavy atom. The van der Waals surface area contributed by atoms with Gasteiger partial charge in [0.1, 0.15) is 5.75 Å². The van der Waals surface area contributed by atoms with Gasteiger partial charge >= 0.3 is 5.97 Å². The molecule has 0 amide bonds. The predicted octanol–water partition coefficient (Wildman–Crippen LogP) is 1.65. The van der Waals surface area contributed by atoms with Gasteiger partial charge in [-0.1, -0.05) is 12.1 Å². The van der Waals surface area contributed by atoms with Crippen LogP contribution in [0.5, 0.6) is 11.6 Å². The second-order valence-corrected chi connectivity index (χ2v) is 4.06. The van der Waals surface area contributed by atoms with Crippen LogP contribution >= 0.6 is 0 Å². The number of rotatable bonds is 5. The lowest BCUT2D eigenvalue weighted by atomic mass is 10.1. The van der Waals surface area contributed by atoms with Gasteiger partial charge in [0.05, 0.1) is 19.9 Å². The van der Waals surface area contributed by atoms with E-state index in [0.29, 0.717) is 5.88 Å². The van der Waals surface area contributed by atoms with Crippen molar-refractivity contribution in [2.45, 2.75) is 0 Å². The van der Waals surface area contributed by atoms with Crippen molar-refractivity contribution in [1.29, 1.82) is 0 Å². The van der Waals surface area contributed by atoms with Gasteiger partial charge in [-0.25, -0.2) is 4.79 Å². The van der Waals surface area contributed by atoms with Crippen LogP contribution in [0.15, 0.2) is 30.3 Å². The van der Waals surface area contributed by atoms with Crippen molar-refractivity contribution in [2.75, 3.05) is 20.8 Å². The Hall–Kier alpha value is -2.50. The van der Waals surface area contributed by atoms with Crippen LogP contribution < -0.4 is 9.47 Å². The monoisotopic (exact) mass is 276 g/mol. The number of hydrogen-bond acceptors (Lipinski definition) is 5. The highest BCUT2D eigenvalue weighted by atomic mass is 16.6. The molecule has 1 aromatic heterocycles. The van der Waals surface area contributed by atoms with E-state index in [2.05, 4.69) is 9.84 Å². The number of hydrogen-bond donors (Lipinski definition) is 0. The number of aromatic nitrogens is 2. The lowest BCUT2D eigenvalue weighted by Crippen LogP contribution is -2.12. The third-order valence-corrected chi connectivity index (χ3v) is 2.81. The van der Waals surface area contributed by atoms with Crippen LogP contribution in [0.25, 0.3) is 11.3 Å². The number of carbonyl (C=O) groups excluding carboxylic acids is 1. The molecule has 6 heteroatoms. The molecule has 0 radical (unpaired) electrons. The number of methoxy groups -OCH3 is 2. The summed E-state index contributed by atoms with van der Waals surface area (Å²) >= 11 is 0. The topological polar surface area (TPSA) is 62.6 Å². The summed E-state index contributed by atoms with van der Waals surface area (Å²) in [4.78, 5) is 11.0. The predicted molar refractivity (Wildman–Crippen MR) is 72.7 cm³/mol. The molecule has 0 aliphatic carbocycles. The van der Waals surface area contributed by atoms with Crippen molar-refractivity contribution in [3.63, 3.8) is 0 Å². The molecule has 6 nitrogen and oxygen atoms in total. The van der Waals surface area contributed by atoms with Gasteiger partial charge < -0.3 is 14.2 Å². The van der Waals surface area contributed by atoms with Crippen molar-refractivity contribution >= 4 is 5.97 Å². The smallest absolute Gasteiger partial charge is 0.343 e. The zero-order valence-electron chi connectivity index (χ0n) is 11.6. The molecule has 0 N–H and O–H groups in total. The maximum Gasteiger partial charge on any atom is 0.343 e. The molecule has 0 bridgehead atoms. The van der Waals surface area contributed by atoms with Gasteiger partial charge in [0.2, 0.25) is 5.88 Å². The van der Waals surface area contributed by atoms with Gasteiger partial charge in [-0.15, -0.1) is 5.10 Å². The Balaban J connectivity index is 2.25. The lowest BCUT2D eigenvalue weighted by molar-refractivity contribution is -0.143. The molecule has 2 aromatic rings. The third-order valence-electron chi connectivity index (χ3n) is 2.81. The molecule has 0 aliphatic heterocycles. The van der Waals surface area contributed by atoms with Gasteiger partial charge in [-0.2, -0.15) is 0 Å². The van der Waals surface area contributed by atoms with Crippen molar-refractivity contribution in [2.24, 2.45) is 7.05 Å². The Labute approximate surface area is 116 Å². The summed E-state index contributed by atoms with van der Waals surface area (Å²) in [6.07, 6.45) is 0. The Bertz CT molecular complexity index is 607. The van der Waals surface area contributed by atoms with E-state index in [4.69, 9.17) is 9.47 Å². The van der Waals surface area contributed by atoms with Crippen molar-refractivity contribution in [3.05, 3.63) is 30.3 Å². The molecule has 0 unspecified atom stereocenters. The summed E-state index contributed by atoms with van der Waals surface area (Å²) in [6.45, 7) is -0.168. The van der Waals surface area contributed by atoms with E-state index in [9.17, 15) is 4.79 Å². The van der Waals surface area contributed by atoms with Crippen LogP contribution in [0, 0.1) is 0 Å². The number of esters is 1. The van der Waals surface area contributed by atoms with E-state index in [1.807, 2.05) is 24.3 Å². The molecular weight excluding hydrogens is 260 g/mol. The summed E-state index contributed by atoms with van der Waals surface area (Å²) < 4.78 is 16.8. The maximum atomic E-state index is 11.0. The second-order valence-electron chi connectivity index (χ2n) is 4.06. The average molecular weight is 276 g/mol. The fourth-order valence-corrected chi connectivity index (χ4v) is 1.81. The number of nitrogens with zero attached hydrogens (tertiary/aromatic N) is 2. The van der Waals surface area contributed by atoms with E-state index >= 15 is 0 Å². The van der Waals surface area contributed by atoms with E-state index in [-0.39, 0.29) is 6.61 Å². The summed E-state index contributed by atoms with van der Waals surface area (Å²) in [6, 6.07) is 9.37. The first kappa shape index (κ1) is 13.9. The molecule has 2 rings (SSSR count). The fraction of sp³-hybridized carbons (Fsp3) is 0.286. The molecule has 0 spiro atoms. The van der Waals surface area contributed by atoms with E-state index in [0.717, 1.165) is 17.0 Å². The number of carbonyl (C=O) groups is 1. The van der Waals surface area contributed by atoms with Crippen LogP contribution in [0.4, 0.5) is 0 Å². The zero-order chi connectivity index (χ0) is 14.5. The minimum atomic E-state index is -0.450. The maximum absolute atomic E-state index is 11.0. The molecule has 0 fully saturated rings. The summed E-state index contributed by atoms with van der Waals surface area (Å²) in [7, 11) is 4.72. The summed E-state index contributed by atoms with van der Waals surface area (Å²) in [5, 5.41) is 4.20. The highest BCUT2D eigenvalue weighted by Gasteiger charge is 2.13. The molecule has 106 valence electrons. The first-order valence-corrected chi connectivity index (χ1v) is 6.02. The molecule has 0 aliphatic rings. The largest absolute Gasteiger partial charge is 0.496 e. The van der Waals surface area contributed by atoms with Gasteiger partial charge in [0.15, 0.2) is 6.61 Å². The SMILES string of the molecule is COC(=O)COc1cc(-c2ccccc2OC)n(C)n1. The van der Waals surface area contributed by atoms with Crippen LogP contribution in [0.2, 0.25) is 0 Å². The lowest BCUT2D eigenvalue weighted by Gasteiger charge is -2.07. The Morgan fingerprint density at radius 2 is 2.05 bits per heavy atom. The normalized spacial score (nSPS) is 10.2. The van der Waals surface area contributed by atoms with Crippen LogP contribution in [0.1, 0.15) is 0 Å². The molecule has 1 aromatic carbocycles. The van der Waals surface area contributed by atoms with E-state index in [1.165, 1.54) is 7.11 Å². The zero-order valence-corrected chi connectivity index (χ0v) is 11.6. The molecule has 20 heavy (non-hydrogen) atoms. The molecular formula is C14H16N2O4. The molecule has 0 atom stereocenters. The van der Waals surface area contributed by atoms with Crippen molar-refractivity contribution in [1.82, 2.24) is 9.78 Å². The molecule has 0 saturated heterocycles. The number of benzene rings is 1. The van der Waals surface area contributed by atoms with Crippen molar-refractivity contribution in [3.8, 4) is 22.9 Å². The first-order valence-electron chi connectivity index (χ1n) is 6.02. The quantitative estimate of drug-likeness (QED) is 0.777. The molecule has 0 saturated carbocycles. The highest BCUT2D eigenvalue weighted by molar-refractivity contribution is 5.71. The third kappa shape index (κ3) is 2.90. The van der Waals surface area contributed by atoms with Gasteiger partial charge in [0.25, 0.3) is 0 Å². The van der Waals surface area contributed by atoms with Gasteiger partial charge in [-0.05, 0) is 12.1 Å². The summed E-state index contributed by atoms with van der Waals surface area (Å²) in [5.74, 6) is 0.656. The standard InChI is InChI=1S/C14H16N2O4/c1-16-11(10-6-4-5-7-12(10)18-2)8-13(15-16)20-9-14(17)19-3/h4-8H,9H2,1-3H3. The van der Waals surface area contributed by atoms with Gasteiger partial charge in [-0.3, -0.25) is 4.68 Å². The first-order chi connectivity index (χ1) is 9.65. The van der Waals surface area contributed by atoms with Gasteiger partial charge in [0, 0.05) is 18.7 Å². The minimum Gasteiger partial charge on any atom is -0.496 e. The second kappa shape index (κ2) is 6.10. The van der Waals surface area contributed by atoms with Crippen LogP contribution in [0.3, 0.4) is 0 Å². The number of para-hydroxylation sites is 1. The molecule has 1 heterocycles. The van der Waals surface area contributed by atoms with E-state index < -0.39 is 5.97 Å². The Morgan fingerprint density at radius 3 is 2.75 bits per heavy atom. The Kier molecular flexibility index (Phi) is 4.24. The average Bonchev–Trinajstić information content (AvgIpc) is 2.85. The van der Waals surface area contributed by atoms with Crippen LogP contribution in [-0.4, -0.2) is 36.6 Å². The number of aryl methyl sites for hydroxylation is 1.